The minimum absolute atomic E-state index is 0. The molecule has 0 atom stereocenters. The molecule has 8 aliphatic rings. The van der Waals surface area contributed by atoms with E-state index in [1.165, 1.54) is 218 Å². The Bertz CT molecular complexity index is 3330. The molecule has 4 heteroatoms. The second-order valence-corrected chi connectivity index (χ2v) is 23.8. The van der Waals surface area contributed by atoms with E-state index < -0.39 is 0 Å². The van der Waals surface area contributed by atoms with E-state index in [2.05, 4.69) is 193 Å². The van der Waals surface area contributed by atoms with Gasteiger partial charge in [-0.05, 0) is 219 Å². The van der Waals surface area contributed by atoms with Crippen molar-refractivity contribution in [3.8, 4) is 44.5 Å². The van der Waals surface area contributed by atoms with Crippen LogP contribution in [0.5, 0.6) is 0 Å². The summed E-state index contributed by atoms with van der Waals surface area (Å²) < 4.78 is 0. The third kappa shape index (κ3) is 13.7. The van der Waals surface area contributed by atoms with Gasteiger partial charge in [0.05, 0.1) is 0 Å². The van der Waals surface area contributed by atoms with Gasteiger partial charge in [-0.2, -0.15) is 0 Å². The smallest absolute Gasteiger partial charge is 0.0479 e. The highest BCUT2D eigenvalue weighted by Crippen LogP contribution is 2.45. The molecule has 4 heterocycles. The lowest BCUT2D eigenvalue weighted by atomic mass is 9.94. The predicted molar refractivity (Wildman–Crippen MR) is 396 cm³/mol. The number of rotatable bonds is 8. The number of hydrogen-bond acceptors (Lipinski definition) is 4. The molecule has 8 aromatic carbocycles. The van der Waals surface area contributed by atoms with Gasteiger partial charge < -0.3 is 19.6 Å². The first-order chi connectivity index (χ1) is 39.5. The lowest BCUT2D eigenvalue weighted by molar-refractivity contribution is 0.868. The summed E-state index contributed by atoms with van der Waals surface area (Å²) in [7, 11) is 0. The van der Waals surface area contributed by atoms with Crippen LogP contribution in [0.2, 0.25) is 0 Å². The van der Waals surface area contributed by atoms with Crippen LogP contribution in [0.25, 0.3) is 44.5 Å². The van der Waals surface area contributed by atoms with E-state index >= 15 is 0 Å². The summed E-state index contributed by atoms with van der Waals surface area (Å²) in [5.41, 5.74) is 36.2. The number of anilines is 4. The highest BCUT2D eigenvalue weighted by Gasteiger charge is 2.28. The fourth-order valence-corrected chi connectivity index (χ4v) is 15.5. The van der Waals surface area contributed by atoms with Crippen molar-refractivity contribution in [3.05, 3.63) is 212 Å². The summed E-state index contributed by atoms with van der Waals surface area (Å²) in [6.45, 7) is 18.2. The molecule has 8 aromatic rings. The molecule has 4 aliphatic carbocycles. The quantitative estimate of drug-likeness (QED) is 0.150. The van der Waals surface area contributed by atoms with Gasteiger partial charge in [-0.3, -0.25) is 0 Å². The van der Waals surface area contributed by atoms with E-state index in [9.17, 15) is 0 Å². The van der Waals surface area contributed by atoms with Crippen LogP contribution in [0.1, 0.15) is 180 Å². The molecular formula is C84H116N4. The van der Waals surface area contributed by atoms with Gasteiger partial charge in [0.1, 0.15) is 0 Å². The van der Waals surface area contributed by atoms with Gasteiger partial charge in [0.25, 0.3) is 0 Å². The van der Waals surface area contributed by atoms with Crippen molar-refractivity contribution in [2.45, 2.75) is 190 Å². The van der Waals surface area contributed by atoms with Crippen molar-refractivity contribution in [1.29, 1.82) is 0 Å². The SMILES string of the molecule is C.C.C.C.C.C.C.C.CCN1CCc2cccc(-c3ccc4c(c3)CCC4)c21.CCN1CCc2cccc(-c3ccc4c(c3)CCC4)c21.CCN1CCc2cccc(-c3cccc4c3CCC4)c21.CCN1CCc2cccc(-c3cccc4c3CCC4)c21. The molecule has 472 valence electrons. The third-order valence-corrected chi connectivity index (χ3v) is 19.6. The molecule has 0 spiro atoms. The van der Waals surface area contributed by atoms with Gasteiger partial charge in [-0.1, -0.05) is 205 Å². The van der Waals surface area contributed by atoms with Gasteiger partial charge in [-0.25, -0.2) is 0 Å². The number of para-hydroxylation sites is 4. The normalized spacial score (nSPS) is 14.9. The van der Waals surface area contributed by atoms with Crippen LogP contribution in [0.15, 0.2) is 146 Å². The molecule has 0 unspecified atom stereocenters. The largest absolute Gasteiger partial charge is 0.371 e. The maximum Gasteiger partial charge on any atom is 0.0479 e. The Morgan fingerprint density at radius 1 is 0.239 bits per heavy atom. The van der Waals surface area contributed by atoms with Crippen molar-refractivity contribution in [3.63, 3.8) is 0 Å². The Morgan fingerprint density at radius 3 is 0.830 bits per heavy atom. The maximum atomic E-state index is 2.54. The van der Waals surface area contributed by atoms with Gasteiger partial charge in [-0.15, -0.1) is 0 Å². The van der Waals surface area contributed by atoms with Crippen LogP contribution in [-0.4, -0.2) is 52.4 Å². The molecule has 0 N–H and O–H groups in total. The topological polar surface area (TPSA) is 13.0 Å². The van der Waals surface area contributed by atoms with Gasteiger partial charge in [0.2, 0.25) is 0 Å². The number of nitrogens with zero attached hydrogens (tertiary/aromatic N) is 4. The van der Waals surface area contributed by atoms with E-state index in [1.54, 1.807) is 44.5 Å². The molecule has 0 aromatic heterocycles. The number of aryl methyl sites for hydroxylation is 6. The molecule has 4 aliphatic heterocycles. The lowest BCUT2D eigenvalue weighted by Gasteiger charge is -2.21. The summed E-state index contributed by atoms with van der Waals surface area (Å²) in [4.78, 5) is 10.1. The van der Waals surface area contributed by atoms with Gasteiger partial charge in [0.15, 0.2) is 0 Å². The molecule has 0 bridgehead atoms. The second kappa shape index (κ2) is 31.9. The van der Waals surface area contributed by atoms with E-state index in [1.807, 2.05) is 0 Å². The molecular weight excluding hydrogens is 1060 g/mol. The Hall–Kier alpha value is -7.04. The van der Waals surface area contributed by atoms with Crippen LogP contribution in [0.4, 0.5) is 22.7 Å². The van der Waals surface area contributed by atoms with E-state index in [0.29, 0.717) is 0 Å². The number of likely N-dealkylation sites (N-methyl/N-ethyl adjacent to an activating group) is 4. The van der Waals surface area contributed by atoms with Crippen molar-refractivity contribution in [1.82, 2.24) is 0 Å². The summed E-state index contributed by atoms with van der Waals surface area (Å²) in [6.07, 6.45) is 20.2. The zero-order valence-electron chi connectivity index (χ0n) is 48.6. The van der Waals surface area contributed by atoms with Gasteiger partial charge >= 0.3 is 0 Å². The zero-order chi connectivity index (χ0) is 54.1. The third-order valence-electron chi connectivity index (χ3n) is 19.6. The lowest BCUT2D eigenvalue weighted by Crippen LogP contribution is -2.19. The molecule has 88 heavy (non-hydrogen) atoms. The number of benzene rings is 8. The van der Waals surface area contributed by atoms with E-state index in [0.717, 1.165) is 26.2 Å². The summed E-state index contributed by atoms with van der Waals surface area (Å²) in [6, 6.07) is 55.3. The van der Waals surface area contributed by atoms with Crippen molar-refractivity contribution >= 4 is 22.7 Å². The first-order valence-electron chi connectivity index (χ1n) is 31.4. The Morgan fingerprint density at radius 2 is 0.500 bits per heavy atom. The highest BCUT2D eigenvalue weighted by atomic mass is 15.2. The monoisotopic (exact) mass is 1180 g/mol. The average molecular weight is 1180 g/mol. The Kier molecular flexibility index (Phi) is 26.0. The minimum Gasteiger partial charge on any atom is -0.371 e. The average Bonchev–Trinajstić information content (AvgIpc) is 3.22. The standard InChI is InChI=1S/4C19H21N.8CH4/c2*1-2-20-13-12-15-8-5-11-18(19(15)20)17-10-4-7-14-6-3-9-16(14)17;2*1-2-20-12-11-15-6-4-8-18(19(15)20)17-10-9-14-5-3-7-16(14)13-17;;;;;;;;/h2*4-5,7-8,10-11H,2-3,6,9,12-13H2,1H3;2*4,6,8-10,13H,2-3,5,7,11-12H2,1H3;8*1H4. The van der Waals surface area contributed by atoms with Crippen LogP contribution in [0, 0.1) is 0 Å². The summed E-state index contributed by atoms with van der Waals surface area (Å²) in [5.74, 6) is 0. The van der Waals surface area contributed by atoms with Crippen LogP contribution in [-0.2, 0) is 77.0 Å². The van der Waals surface area contributed by atoms with Gasteiger partial charge in [0, 0.05) is 97.4 Å². The highest BCUT2D eigenvalue weighted by molar-refractivity contribution is 5.87. The number of fused-ring (bicyclic) bond motifs is 8. The molecule has 0 fully saturated rings. The molecule has 0 amide bonds. The van der Waals surface area contributed by atoms with E-state index in [-0.39, 0.29) is 59.4 Å². The Labute approximate surface area is 538 Å². The fraction of sp³-hybridized carbons (Fsp3) is 0.429. The van der Waals surface area contributed by atoms with Crippen molar-refractivity contribution < 1.29 is 0 Å². The zero-order valence-corrected chi connectivity index (χ0v) is 48.6. The molecule has 0 saturated carbocycles. The molecule has 4 nitrogen and oxygen atoms in total. The first kappa shape index (κ1) is 71.7. The first-order valence-corrected chi connectivity index (χ1v) is 31.4. The van der Waals surface area contributed by atoms with Crippen LogP contribution < -0.4 is 19.6 Å². The van der Waals surface area contributed by atoms with E-state index in [4.69, 9.17) is 0 Å². The predicted octanol–water partition coefficient (Wildman–Crippen LogP) is 22.0. The van der Waals surface area contributed by atoms with Crippen LogP contribution in [0.3, 0.4) is 0 Å². The number of hydrogen-bond donors (Lipinski definition) is 0. The minimum atomic E-state index is 0. The Balaban J connectivity index is 0.000000207. The summed E-state index contributed by atoms with van der Waals surface area (Å²) in [5, 5.41) is 0. The fourth-order valence-electron chi connectivity index (χ4n) is 15.5. The molecule has 0 saturated heterocycles. The maximum absolute atomic E-state index is 2.54. The van der Waals surface area contributed by atoms with Crippen molar-refractivity contribution in [2.24, 2.45) is 0 Å². The molecule has 0 radical (unpaired) electrons. The van der Waals surface area contributed by atoms with Crippen LogP contribution >= 0.6 is 0 Å². The second-order valence-electron chi connectivity index (χ2n) is 23.8. The summed E-state index contributed by atoms with van der Waals surface area (Å²) >= 11 is 0. The van der Waals surface area contributed by atoms with Crippen molar-refractivity contribution in [2.75, 3.05) is 72.0 Å². The molecule has 16 rings (SSSR count).